The maximum atomic E-state index is 12.5. The highest BCUT2D eigenvalue weighted by Crippen LogP contribution is 2.18. The van der Waals surface area contributed by atoms with Gasteiger partial charge in [0.05, 0.1) is 12.6 Å². The molecule has 5 heteroatoms. The predicted octanol–water partition coefficient (Wildman–Crippen LogP) is 2.86. The number of nitrogens with zero attached hydrogens (tertiary/aromatic N) is 3. The highest BCUT2D eigenvalue weighted by molar-refractivity contribution is 5.78. The van der Waals surface area contributed by atoms with Gasteiger partial charge in [-0.05, 0) is 24.1 Å². The van der Waals surface area contributed by atoms with Gasteiger partial charge in [0.2, 0.25) is 5.91 Å². The number of hydrogen-bond donors (Lipinski definition) is 1. The molecule has 2 heterocycles. The maximum absolute atomic E-state index is 12.5. The molecule has 1 atom stereocenters. The van der Waals surface area contributed by atoms with Crippen LogP contribution in [0.5, 0.6) is 0 Å². The van der Waals surface area contributed by atoms with Crippen LogP contribution in [-0.2, 0) is 4.79 Å². The molecule has 5 nitrogen and oxygen atoms in total. The quantitative estimate of drug-likeness (QED) is 0.832. The molecule has 26 heavy (non-hydrogen) atoms. The van der Waals surface area contributed by atoms with Gasteiger partial charge in [-0.25, -0.2) is 4.98 Å². The van der Waals surface area contributed by atoms with Crippen molar-refractivity contribution in [2.75, 3.05) is 37.6 Å². The summed E-state index contributed by atoms with van der Waals surface area (Å²) in [5.74, 6) is 1.13. The van der Waals surface area contributed by atoms with E-state index < -0.39 is 0 Å². The van der Waals surface area contributed by atoms with Crippen molar-refractivity contribution in [3.63, 3.8) is 0 Å². The van der Waals surface area contributed by atoms with E-state index in [-0.39, 0.29) is 11.9 Å². The molecule has 1 aliphatic rings. The van der Waals surface area contributed by atoms with Crippen LogP contribution in [0.25, 0.3) is 0 Å². The lowest BCUT2D eigenvalue weighted by molar-refractivity contribution is -0.123. The minimum Gasteiger partial charge on any atom is -0.354 e. The van der Waals surface area contributed by atoms with E-state index in [1.54, 1.807) is 0 Å². The molecule has 1 aromatic carbocycles. The van der Waals surface area contributed by atoms with Crippen LogP contribution in [0.3, 0.4) is 0 Å². The molecule has 0 radical (unpaired) electrons. The van der Waals surface area contributed by atoms with Gasteiger partial charge < -0.3 is 10.2 Å². The Balaban J connectivity index is 1.49. The summed E-state index contributed by atoms with van der Waals surface area (Å²) in [5, 5.41) is 3.22. The largest absolute Gasteiger partial charge is 0.354 e. The number of rotatable bonds is 7. The third-order valence-corrected chi connectivity index (χ3v) is 4.83. The number of carbonyl (C=O) groups is 1. The van der Waals surface area contributed by atoms with Gasteiger partial charge in [-0.3, -0.25) is 9.69 Å². The molecule has 1 aliphatic heterocycles. The van der Waals surface area contributed by atoms with Crippen LogP contribution in [0.2, 0.25) is 0 Å². The summed E-state index contributed by atoms with van der Waals surface area (Å²) in [6, 6.07) is 16.3. The second-order valence-corrected chi connectivity index (χ2v) is 6.77. The summed E-state index contributed by atoms with van der Waals surface area (Å²) < 4.78 is 0. The lowest BCUT2D eigenvalue weighted by Gasteiger charge is -2.35. The number of pyridine rings is 1. The number of amides is 1. The Hall–Kier alpha value is -2.40. The average molecular weight is 352 g/mol. The van der Waals surface area contributed by atoms with Gasteiger partial charge in [0.25, 0.3) is 0 Å². The summed E-state index contributed by atoms with van der Waals surface area (Å²) in [6.45, 7) is 6.19. The van der Waals surface area contributed by atoms with E-state index >= 15 is 0 Å². The third-order valence-electron chi connectivity index (χ3n) is 4.83. The molecule has 1 saturated heterocycles. The van der Waals surface area contributed by atoms with Crippen LogP contribution in [0.15, 0.2) is 54.7 Å². The Labute approximate surface area is 156 Å². The number of aromatic nitrogens is 1. The summed E-state index contributed by atoms with van der Waals surface area (Å²) in [7, 11) is 0. The molecule has 1 N–H and O–H groups in total. The summed E-state index contributed by atoms with van der Waals surface area (Å²) >= 11 is 0. The first-order valence-corrected chi connectivity index (χ1v) is 9.49. The van der Waals surface area contributed by atoms with Crippen molar-refractivity contribution in [2.24, 2.45) is 0 Å². The first-order valence-electron chi connectivity index (χ1n) is 9.49. The zero-order chi connectivity index (χ0) is 18.2. The molecule has 1 aromatic heterocycles. The first kappa shape index (κ1) is 18.4. The number of hydrogen-bond acceptors (Lipinski definition) is 4. The van der Waals surface area contributed by atoms with E-state index in [1.807, 2.05) is 42.6 Å². The van der Waals surface area contributed by atoms with E-state index in [1.165, 1.54) is 5.56 Å². The fourth-order valence-corrected chi connectivity index (χ4v) is 3.42. The molecule has 0 aliphatic carbocycles. The topological polar surface area (TPSA) is 48.5 Å². The summed E-state index contributed by atoms with van der Waals surface area (Å²) in [4.78, 5) is 21.5. The normalized spacial score (nSPS) is 16.3. The van der Waals surface area contributed by atoms with Gasteiger partial charge in [0, 0.05) is 32.4 Å². The van der Waals surface area contributed by atoms with Gasteiger partial charge in [-0.1, -0.05) is 49.7 Å². The SMILES string of the molecule is CCC[C@H](NC(=O)CN1CCN(c2ccccn2)CC1)c1ccccc1. The minimum absolute atomic E-state index is 0.100. The minimum atomic E-state index is 0.100. The molecule has 1 amide bonds. The van der Waals surface area contributed by atoms with E-state index in [2.05, 4.69) is 39.2 Å². The van der Waals surface area contributed by atoms with Crippen LogP contribution in [0.4, 0.5) is 5.82 Å². The van der Waals surface area contributed by atoms with Gasteiger partial charge in [-0.2, -0.15) is 0 Å². The van der Waals surface area contributed by atoms with Gasteiger partial charge in [0.1, 0.15) is 5.82 Å². The third kappa shape index (κ3) is 5.05. The monoisotopic (exact) mass is 352 g/mol. The van der Waals surface area contributed by atoms with Gasteiger partial charge >= 0.3 is 0 Å². The molecule has 0 saturated carbocycles. The molecule has 3 rings (SSSR count). The molecule has 1 fully saturated rings. The van der Waals surface area contributed by atoms with Crippen molar-refractivity contribution >= 4 is 11.7 Å². The lowest BCUT2D eigenvalue weighted by atomic mass is 10.0. The first-order chi connectivity index (χ1) is 12.8. The molecular weight excluding hydrogens is 324 g/mol. The van der Waals surface area contributed by atoms with Gasteiger partial charge in [0.15, 0.2) is 0 Å². The fraction of sp³-hybridized carbons (Fsp3) is 0.429. The smallest absolute Gasteiger partial charge is 0.234 e. The maximum Gasteiger partial charge on any atom is 0.234 e. The number of anilines is 1. The number of piperazine rings is 1. The zero-order valence-electron chi connectivity index (χ0n) is 15.5. The lowest BCUT2D eigenvalue weighted by Crippen LogP contribution is -2.50. The molecular formula is C21H28N4O. The van der Waals surface area contributed by atoms with E-state index in [0.29, 0.717) is 6.54 Å². The number of nitrogens with one attached hydrogen (secondary N) is 1. The Kier molecular flexibility index (Phi) is 6.61. The van der Waals surface area contributed by atoms with E-state index in [0.717, 1.165) is 44.8 Å². The van der Waals surface area contributed by atoms with Crippen LogP contribution in [0.1, 0.15) is 31.4 Å². The van der Waals surface area contributed by atoms with Crippen molar-refractivity contribution in [3.05, 3.63) is 60.3 Å². The van der Waals surface area contributed by atoms with Crippen molar-refractivity contribution in [3.8, 4) is 0 Å². The molecule has 0 spiro atoms. The number of carbonyl (C=O) groups excluding carboxylic acids is 1. The molecule has 0 bridgehead atoms. The van der Waals surface area contributed by atoms with Crippen molar-refractivity contribution < 1.29 is 4.79 Å². The zero-order valence-corrected chi connectivity index (χ0v) is 15.5. The summed E-state index contributed by atoms with van der Waals surface area (Å²) in [6.07, 6.45) is 3.83. The predicted molar refractivity (Wildman–Crippen MR) is 105 cm³/mol. The van der Waals surface area contributed by atoms with Crippen molar-refractivity contribution in [1.29, 1.82) is 0 Å². The van der Waals surface area contributed by atoms with Crippen LogP contribution in [0, 0.1) is 0 Å². The van der Waals surface area contributed by atoms with E-state index in [4.69, 9.17) is 0 Å². The Bertz CT molecular complexity index is 669. The van der Waals surface area contributed by atoms with Crippen molar-refractivity contribution in [1.82, 2.24) is 15.2 Å². The molecule has 138 valence electrons. The van der Waals surface area contributed by atoms with Gasteiger partial charge in [-0.15, -0.1) is 0 Å². The van der Waals surface area contributed by atoms with E-state index in [9.17, 15) is 4.79 Å². The summed E-state index contributed by atoms with van der Waals surface area (Å²) in [5.41, 5.74) is 1.18. The second kappa shape index (κ2) is 9.34. The Morgan fingerprint density at radius 1 is 1.08 bits per heavy atom. The average Bonchev–Trinajstić information content (AvgIpc) is 2.69. The van der Waals surface area contributed by atoms with Crippen LogP contribution in [-0.4, -0.2) is 48.5 Å². The Morgan fingerprint density at radius 3 is 2.46 bits per heavy atom. The fourth-order valence-electron chi connectivity index (χ4n) is 3.42. The highest BCUT2D eigenvalue weighted by atomic mass is 16.2. The van der Waals surface area contributed by atoms with Crippen molar-refractivity contribution in [2.45, 2.75) is 25.8 Å². The highest BCUT2D eigenvalue weighted by Gasteiger charge is 2.21. The van der Waals surface area contributed by atoms with Crippen LogP contribution < -0.4 is 10.2 Å². The Morgan fingerprint density at radius 2 is 1.81 bits per heavy atom. The second-order valence-electron chi connectivity index (χ2n) is 6.77. The molecule has 2 aromatic rings. The number of benzene rings is 1. The molecule has 0 unspecified atom stereocenters. The standard InChI is InChI=1S/C21H28N4O/c1-2-8-19(18-9-4-3-5-10-18)23-21(26)17-24-13-15-25(16-14-24)20-11-6-7-12-22-20/h3-7,9-12,19H,2,8,13-17H2,1H3,(H,23,26)/t19-/m0/s1. The van der Waals surface area contributed by atoms with Crippen LogP contribution >= 0.6 is 0 Å².